The molecule has 1 aromatic carbocycles. The zero-order valence-corrected chi connectivity index (χ0v) is 13.2. The van der Waals surface area contributed by atoms with E-state index in [1.807, 2.05) is 19.1 Å². The predicted octanol–water partition coefficient (Wildman–Crippen LogP) is 2.59. The topological polar surface area (TPSA) is 58.4 Å². The standard InChI is InChI=1S/C15H24ClN3O/c1-4-19(11-15(2,3)10-17)9-14(20)18-13-8-6-5-7-12(13)16/h5-8H,4,9-11,17H2,1-3H3,(H,18,20). The van der Waals surface area contributed by atoms with Gasteiger partial charge in [-0.3, -0.25) is 9.69 Å². The van der Waals surface area contributed by atoms with Crippen molar-refractivity contribution in [2.45, 2.75) is 20.8 Å². The Bertz CT molecular complexity index is 448. The summed E-state index contributed by atoms with van der Waals surface area (Å²) < 4.78 is 0. The number of halogens is 1. The maximum Gasteiger partial charge on any atom is 0.238 e. The zero-order valence-electron chi connectivity index (χ0n) is 12.4. The molecule has 0 spiro atoms. The fourth-order valence-corrected chi connectivity index (χ4v) is 2.09. The molecule has 0 aromatic heterocycles. The Labute approximate surface area is 126 Å². The summed E-state index contributed by atoms with van der Waals surface area (Å²) in [5, 5.41) is 3.38. The molecule has 3 N–H and O–H groups in total. The fourth-order valence-electron chi connectivity index (χ4n) is 1.90. The average Bonchev–Trinajstić information content (AvgIpc) is 2.40. The summed E-state index contributed by atoms with van der Waals surface area (Å²) in [7, 11) is 0. The van der Waals surface area contributed by atoms with E-state index >= 15 is 0 Å². The zero-order chi connectivity index (χ0) is 15.2. The number of rotatable bonds is 7. The van der Waals surface area contributed by atoms with Crippen LogP contribution in [0.3, 0.4) is 0 Å². The average molecular weight is 298 g/mol. The van der Waals surface area contributed by atoms with Gasteiger partial charge in [0.25, 0.3) is 0 Å². The predicted molar refractivity (Wildman–Crippen MR) is 85.0 cm³/mol. The molecule has 112 valence electrons. The quantitative estimate of drug-likeness (QED) is 0.813. The van der Waals surface area contributed by atoms with E-state index in [2.05, 4.69) is 24.1 Å². The van der Waals surface area contributed by atoms with Gasteiger partial charge in [-0.25, -0.2) is 0 Å². The number of anilines is 1. The van der Waals surface area contributed by atoms with E-state index in [0.29, 0.717) is 23.8 Å². The van der Waals surface area contributed by atoms with Crippen molar-refractivity contribution in [3.8, 4) is 0 Å². The molecule has 0 aliphatic heterocycles. The van der Waals surface area contributed by atoms with Gasteiger partial charge in [0.1, 0.15) is 0 Å². The number of amides is 1. The Hall–Kier alpha value is -1.10. The van der Waals surface area contributed by atoms with Crippen LogP contribution >= 0.6 is 11.6 Å². The van der Waals surface area contributed by atoms with Gasteiger partial charge in [-0.1, -0.05) is 44.5 Å². The van der Waals surface area contributed by atoms with Crippen molar-refractivity contribution in [1.29, 1.82) is 0 Å². The molecule has 0 aliphatic carbocycles. The summed E-state index contributed by atoms with van der Waals surface area (Å²) in [6.45, 7) is 8.76. The molecule has 0 fully saturated rings. The number of benzene rings is 1. The van der Waals surface area contributed by atoms with Crippen LogP contribution in [0.2, 0.25) is 5.02 Å². The number of carbonyl (C=O) groups excluding carboxylic acids is 1. The number of carbonyl (C=O) groups is 1. The fraction of sp³-hybridized carbons (Fsp3) is 0.533. The van der Waals surface area contributed by atoms with Gasteiger partial charge < -0.3 is 11.1 Å². The summed E-state index contributed by atoms with van der Waals surface area (Å²) in [6.07, 6.45) is 0. The second-order valence-electron chi connectivity index (χ2n) is 5.70. The minimum absolute atomic E-state index is 0.000677. The molecule has 0 saturated heterocycles. The molecule has 4 nitrogen and oxygen atoms in total. The van der Waals surface area contributed by atoms with E-state index in [4.69, 9.17) is 17.3 Å². The molecule has 5 heteroatoms. The van der Waals surface area contributed by atoms with Crippen LogP contribution in [0.4, 0.5) is 5.69 Å². The van der Waals surface area contributed by atoms with Crippen LogP contribution in [-0.4, -0.2) is 37.0 Å². The highest BCUT2D eigenvalue weighted by Crippen LogP contribution is 2.20. The molecule has 20 heavy (non-hydrogen) atoms. The van der Waals surface area contributed by atoms with E-state index in [-0.39, 0.29) is 11.3 Å². The van der Waals surface area contributed by atoms with E-state index in [1.165, 1.54) is 0 Å². The molecule has 0 bridgehead atoms. The lowest BCUT2D eigenvalue weighted by molar-refractivity contribution is -0.117. The van der Waals surface area contributed by atoms with Crippen molar-refractivity contribution >= 4 is 23.2 Å². The molecule has 0 atom stereocenters. The Balaban J connectivity index is 2.58. The number of likely N-dealkylation sites (N-methyl/N-ethyl adjacent to an activating group) is 1. The summed E-state index contributed by atoms with van der Waals surface area (Å²) in [6, 6.07) is 7.23. The van der Waals surface area contributed by atoms with Crippen molar-refractivity contribution in [3.63, 3.8) is 0 Å². The maximum absolute atomic E-state index is 12.1. The number of hydrogen-bond acceptors (Lipinski definition) is 3. The van der Waals surface area contributed by atoms with Gasteiger partial charge in [-0.05, 0) is 30.6 Å². The van der Waals surface area contributed by atoms with Crippen molar-refractivity contribution in [2.24, 2.45) is 11.1 Å². The monoisotopic (exact) mass is 297 g/mol. The first-order chi connectivity index (χ1) is 9.38. The van der Waals surface area contributed by atoms with Crippen LogP contribution in [0.25, 0.3) is 0 Å². The number of nitrogens with zero attached hydrogens (tertiary/aromatic N) is 1. The lowest BCUT2D eigenvalue weighted by atomic mass is 9.93. The Morgan fingerprint density at radius 3 is 2.60 bits per heavy atom. The molecule has 1 aromatic rings. The Morgan fingerprint density at radius 1 is 1.40 bits per heavy atom. The van der Waals surface area contributed by atoms with E-state index in [1.54, 1.807) is 12.1 Å². The summed E-state index contributed by atoms with van der Waals surface area (Å²) in [5.74, 6) is -0.0622. The number of nitrogens with one attached hydrogen (secondary N) is 1. The van der Waals surface area contributed by atoms with Crippen LogP contribution in [0.1, 0.15) is 20.8 Å². The van der Waals surface area contributed by atoms with Crippen LogP contribution < -0.4 is 11.1 Å². The van der Waals surface area contributed by atoms with Gasteiger partial charge >= 0.3 is 0 Å². The third-order valence-electron chi connectivity index (χ3n) is 3.17. The van der Waals surface area contributed by atoms with E-state index in [9.17, 15) is 4.79 Å². The SMILES string of the molecule is CCN(CC(=O)Nc1ccccc1Cl)CC(C)(C)CN. The minimum atomic E-state index is -0.0622. The van der Waals surface area contributed by atoms with Crippen LogP contribution in [-0.2, 0) is 4.79 Å². The maximum atomic E-state index is 12.1. The number of hydrogen-bond donors (Lipinski definition) is 2. The lowest BCUT2D eigenvalue weighted by Crippen LogP contribution is -2.42. The van der Waals surface area contributed by atoms with Crippen LogP contribution in [0.15, 0.2) is 24.3 Å². The molecular formula is C15H24ClN3O. The molecule has 1 rings (SSSR count). The van der Waals surface area contributed by atoms with Crippen LogP contribution in [0, 0.1) is 5.41 Å². The van der Waals surface area contributed by atoms with Gasteiger partial charge in [-0.15, -0.1) is 0 Å². The van der Waals surface area contributed by atoms with E-state index < -0.39 is 0 Å². The first kappa shape index (κ1) is 17.0. The molecule has 0 radical (unpaired) electrons. The smallest absolute Gasteiger partial charge is 0.238 e. The highest BCUT2D eigenvalue weighted by molar-refractivity contribution is 6.33. The van der Waals surface area contributed by atoms with Gasteiger partial charge in [0.05, 0.1) is 17.3 Å². The van der Waals surface area contributed by atoms with Gasteiger partial charge in [0.2, 0.25) is 5.91 Å². The minimum Gasteiger partial charge on any atom is -0.330 e. The first-order valence-corrected chi connectivity index (χ1v) is 7.22. The van der Waals surface area contributed by atoms with Crippen molar-refractivity contribution < 1.29 is 4.79 Å². The third kappa shape index (κ3) is 5.49. The third-order valence-corrected chi connectivity index (χ3v) is 3.50. The van der Waals surface area contributed by atoms with Gasteiger partial charge in [-0.2, -0.15) is 0 Å². The summed E-state index contributed by atoms with van der Waals surface area (Å²) >= 11 is 6.02. The van der Waals surface area contributed by atoms with Crippen molar-refractivity contribution in [3.05, 3.63) is 29.3 Å². The molecule has 0 aliphatic rings. The van der Waals surface area contributed by atoms with Gasteiger partial charge in [0.15, 0.2) is 0 Å². The highest BCUT2D eigenvalue weighted by atomic mass is 35.5. The normalized spacial score (nSPS) is 11.7. The Kier molecular flexibility index (Phi) is 6.46. The van der Waals surface area contributed by atoms with E-state index in [0.717, 1.165) is 13.1 Å². The number of nitrogens with two attached hydrogens (primary N) is 1. The van der Waals surface area contributed by atoms with Crippen LogP contribution in [0.5, 0.6) is 0 Å². The first-order valence-electron chi connectivity index (χ1n) is 6.85. The second kappa shape index (κ2) is 7.62. The molecule has 1 amide bonds. The summed E-state index contributed by atoms with van der Waals surface area (Å²) in [5.41, 5.74) is 6.39. The summed E-state index contributed by atoms with van der Waals surface area (Å²) in [4.78, 5) is 14.1. The molecular weight excluding hydrogens is 274 g/mol. The second-order valence-corrected chi connectivity index (χ2v) is 6.11. The van der Waals surface area contributed by atoms with Gasteiger partial charge in [0, 0.05) is 6.54 Å². The Morgan fingerprint density at radius 2 is 2.05 bits per heavy atom. The molecule has 0 unspecified atom stereocenters. The number of para-hydroxylation sites is 1. The van der Waals surface area contributed by atoms with Crippen molar-refractivity contribution in [2.75, 3.05) is 31.5 Å². The molecule has 0 heterocycles. The highest BCUT2D eigenvalue weighted by Gasteiger charge is 2.21. The largest absolute Gasteiger partial charge is 0.330 e. The molecule has 0 saturated carbocycles. The lowest BCUT2D eigenvalue weighted by Gasteiger charge is -2.30. The van der Waals surface area contributed by atoms with Crippen molar-refractivity contribution in [1.82, 2.24) is 4.90 Å².